The first-order valence-electron chi connectivity index (χ1n) is 7.30. The molecule has 20 heavy (non-hydrogen) atoms. The van der Waals surface area contributed by atoms with Gasteiger partial charge in [0, 0.05) is 17.1 Å². The first-order valence-corrected chi connectivity index (χ1v) is 8.09. The van der Waals surface area contributed by atoms with Gasteiger partial charge in [-0.15, -0.1) is 0 Å². The maximum atomic E-state index is 11.6. The molecule has 0 spiro atoms. The number of halogens is 1. The molecule has 1 amide bonds. The maximum absolute atomic E-state index is 11.6. The lowest BCUT2D eigenvalue weighted by Gasteiger charge is -2.36. The zero-order chi connectivity index (χ0) is 14.5. The minimum atomic E-state index is 0.103. The van der Waals surface area contributed by atoms with Gasteiger partial charge >= 0.3 is 0 Å². The Morgan fingerprint density at radius 1 is 1.30 bits per heavy atom. The van der Waals surface area contributed by atoms with Crippen molar-refractivity contribution in [2.75, 3.05) is 13.1 Å². The van der Waals surface area contributed by atoms with Gasteiger partial charge in [0.15, 0.2) is 0 Å². The molecule has 1 aliphatic carbocycles. The van der Waals surface area contributed by atoms with Crippen LogP contribution in [0.15, 0.2) is 28.7 Å². The molecule has 0 unspecified atom stereocenters. The van der Waals surface area contributed by atoms with Gasteiger partial charge in [-0.1, -0.05) is 41.9 Å². The maximum Gasteiger partial charge on any atom is 0.233 e. The van der Waals surface area contributed by atoms with Crippen LogP contribution in [-0.4, -0.2) is 25.0 Å². The fourth-order valence-electron chi connectivity index (χ4n) is 2.41. The van der Waals surface area contributed by atoms with E-state index in [1.165, 1.54) is 5.56 Å². The summed E-state index contributed by atoms with van der Waals surface area (Å²) in [5.41, 5.74) is 1.40. The predicted octanol–water partition coefficient (Wildman–Crippen LogP) is 3.06. The molecule has 0 bridgehead atoms. The van der Waals surface area contributed by atoms with Gasteiger partial charge in [0.25, 0.3) is 0 Å². The monoisotopic (exact) mass is 338 g/mol. The molecule has 2 rings (SSSR count). The molecular formula is C16H23BrN2O. The van der Waals surface area contributed by atoms with Gasteiger partial charge in [-0.2, -0.15) is 0 Å². The summed E-state index contributed by atoms with van der Waals surface area (Å²) in [7, 11) is 0. The van der Waals surface area contributed by atoms with E-state index in [4.69, 9.17) is 0 Å². The number of rotatable bonds is 6. The van der Waals surface area contributed by atoms with Crippen LogP contribution >= 0.6 is 15.9 Å². The van der Waals surface area contributed by atoms with Gasteiger partial charge in [0.05, 0.1) is 6.54 Å². The van der Waals surface area contributed by atoms with Gasteiger partial charge in [-0.25, -0.2) is 0 Å². The molecule has 0 radical (unpaired) electrons. The van der Waals surface area contributed by atoms with Gasteiger partial charge in [0.1, 0.15) is 0 Å². The van der Waals surface area contributed by atoms with Crippen molar-refractivity contribution in [3.63, 3.8) is 0 Å². The van der Waals surface area contributed by atoms with Crippen molar-refractivity contribution in [3.05, 3.63) is 34.3 Å². The van der Waals surface area contributed by atoms with E-state index in [1.54, 1.807) is 0 Å². The van der Waals surface area contributed by atoms with Crippen molar-refractivity contribution in [1.29, 1.82) is 0 Å². The summed E-state index contributed by atoms with van der Waals surface area (Å²) in [5, 5.41) is 6.26. The van der Waals surface area contributed by atoms with Gasteiger partial charge in [-0.05, 0) is 42.4 Å². The first-order chi connectivity index (χ1) is 9.54. The third-order valence-electron chi connectivity index (χ3n) is 3.74. The summed E-state index contributed by atoms with van der Waals surface area (Å²) in [6.07, 6.45) is 2.25. The summed E-state index contributed by atoms with van der Waals surface area (Å²) in [4.78, 5) is 11.6. The number of nitrogens with one attached hydrogen (secondary N) is 2. The Labute approximate surface area is 129 Å². The Hall–Kier alpha value is -0.870. The summed E-state index contributed by atoms with van der Waals surface area (Å²) >= 11 is 3.46. The normalized spacial score (nSPS) is 21.6. The highest BCUT2D eigenvalue weighted by Gasteiger charge is 2.30. The SMILES string of the molecule is CC(C)CNC(=O)CNC1CC(c2ccc(Br)cc2)C1. The zero-order valence-electron chi connectivity index (χ0n) is 12.2. The topological polar surface area (TPSA) is 41.1 Å². The number of hydrogen-bond acceptors (Lipinski definition) is 2. The van der Waals surface area contributed by atoms with E-state index in [0.717, 1.165) is 23.9 Å². The van der Waals surface area contributed by atoms with Crippen LogP contribution in [0.2, 0.25) is 0 Å². The molecule has 0 heterocycles. The van der Waals surface area contributed by atoms with Crippen LogP contribution in [0.25, 0.3) is 0 Å². The molecule has 0 atom stereocenters. The summed E-state index contributed by atoms with van der Waals surface area (Å²) < 4.78 is 1.12. The second kappa shape index (κ2) is 7.23. The van der Waals surface area contributed by atoms with Crippen LogP contribution in [0.3, 0.4) is 0 Å². The molecule has 0 aliphatic heterocycles. The summed E-state index contributed by atoms with van der Waals surface area (Å²) in [5.74, 6) is 1.24. The van der Waals surface area contributed by atoms with Gasteiger partial charge in [0.2, 0.25) is 5.91 Å². The fourth-order valence-corrected chi connectivity index (χ4v) is 2.67. The minimum Gasteiger partial charge on any atom is -0.355 e. The molecule has 110 valence electrons. The van der Waals surface area contributed by atoms with Crippen LogP contribution in [0.1, 0.15) is 38.2 Å². The smallest absolute Gasteiger partial charge is 0.233 e. The van der Waals surface area contributed by atoms with Crippen LogP contribution < -0.4 is 10.6 Å². The van der Waals surface area contributed by atoms with Crippen molar-refractivity contribution in [2.24, 2.45) is 5.92 Å². The summed E-state index contributed by atoms with van der Waals surface area (Å²) in [6.45, 7) is 5.39. The van der Waals surface area contributed by atoms with Crippen LogP contribution in [0, 0.1) is 5.92 Å². The molecule has 3 nitrogen and oxygen atoms in total. The second-order valence-corrected chi connectivity index (χ2v) is 6.91. The summed E-state index contributed by atoms with van der Waals surface area (Å²) in [6, 6.07) is 9.03. The number of amides is 1. The average molecular weight is 339 g/mol. The Bertz CT molecular complexity index is 438. The van der Waals surface area contributed by atoms with Crippen LogP contribution in [-0.2, 0) is 4.79 Å². The molecule has 2 N–H and O–H groups in total. The van der Waals surface area contributed by atoms with E-state index in [9.17, 15) is 4.79 Å². The van der Waals surface area contributed by atoms with Crippen molar-refractivity contribution in [1.82, 2.24) is 10.6 Å². The largest absolute Gasteiger partial charge is 0.355 e. The fraction of sp³-hybridized carbons (Fsp3) is 0.562. The van der Waals surface area contributed by atoms with Crippen LogP contribution in [0.4, 0.5) is 0 Å². The molecule has 1 fully saturated rings. The number of hydrogen-bond donors (Lipinski definition) is 2. The van der Waals surface area contributed by atoms with Crippen molar-refractivity contribution in [2.45, 2.75) is 38.6 Å². The van der Waals surface area contributed by atoms with Crippen molar-refractivity contribution < 1.29 is 4.79 Å². The molecule has 1 aromatic rings. The third kappa shape index (κ3) is 4.60. The highest BCUT2D eigenvalue weighted by Crippen LogP contribution is 2.37. The number of carbonyl (C=O) groups is 1. The minimum absolute atomic E-state index is 0.103. The standard InChI is InChI=1S/C16H23BrN2O/c1-11(2)9-19-16(20)10-18-15-7-13(8-15)12-3-5-14(17)6-4-12/h3-6,11,13,15,18H,7-10H2,1-2H3,(H,19,20). The molecular weight excluding hydrogens is 316 g/mol. The van der Waals surface area contributed by atoms with Crippen molar-refractivity contribution >= 4 is 21.8 Å². The molecule has 1 aliphatic rings. The number of carbonyl (C=O) groups excluding carboxylic acids is 1. The lowest BCUT2D eigenvalue weighted by Crippen LogP contribution is -2.45. The van der Waals surface area contributed by atoms with E-state index in [0.29, 0.717) is 24.4 Å². The Morgan fingerprint density at radius 2 is 1.95 bits per heavy atom. The molecule has 0 saturated heterocycles. The lowest BCUT2D eigenvalue weighted by atomic mass is 9.76. The zero-order valence-corrected chi connectivity index (χ0v) is 13.7. The van der Waals surface area contributed by atoms with Crippen LogP contribution in [0.5, 0.6) is 0 Å². The third-order valence-corrected chi connectivity index (χ3v) is 4.27. The first kappa shape index (κ1) is 15.5. The number of benzene rings is 1. The van der Waals surface area contributed by atoms with Gasteiger partial charge in [-0.3, -0.25) is 4.79 Å². The second-order valence-electron chi connectivity index (χ2n) is 6.00. The lowest BCUT2D eigenvalue weighted by molar-refractivity contribution is -0.120. The average Bonchev–Trinajstić information content (AvgIpc) is 2.36. The van der Waals surface area contributed by atoms with E-state index >= 15 is 0 Å². The van der Waals surface area contributed by atoms with E-state index < -0.39 is 0 Å². The molecule has 1 saturated carbocycles. The Morgan fingerprint density at radius 3 is 2.55 bits per heavy atom. The van der Waals surface area contributed by atoms with E-state index in [-0.39, 0.29) is 5.91 Å². The highest BCUT2D eigenvalue weighted by molar-refractivity contribution is 9.10. The quantitative estimate of drug-likeness (QED) is 0.836. The molecule has 1 aromatic carbocycles. The van der Waals surface area contributed by atoms with E-state index in [2.05, 4.69) is 64.7 Å². The molecule has 0 aromatic heterocycles. The van der Waals surface area contributed by atoms with Crippen molar-refractivity contribution in [3.8, 4) is 0 Å². The molecule has 4 heteroatoms. The van der Waals surface area contributed by atoms with E-state index in [1.807, 2.05) is 0 Å². The predicted molar refractivity (Wildman–Crippen MR) is 85.8 cm³/mol. The Balaban J connectivity index is 1.64. The Kier molecular flexibility index (Phi) is 5.61. The van der Waals surface area contributed by atoms with Gasteiger partial charge < -0.3 is 10.6 Å². The highest BCUT2D eigenvalue weighted by atomic mass is 79.9.